The molecule has 21 heavy (non-hydrogen) atoms. The Hall–Kier alpha value is -1.32. The molecule has 0 aromatic carbocycles. The van der Waals surface area contributed by atoms with E-state index in [0.717, 1.165) is 35.5 Å². The lowest BCUT2D eigenvalue weighted by molar-refractivity contribution is 0.531. The Kier molecular flexibility index (Phi) is 4.74. The minimum Gasteiger partial charge on any atom is -0.373 e. The molecule has 1 saturated carbocycles. The lowest BCUT2D eigenvalue weighted by Gasteiger charge is -2.27. The van der Waals surface area contributed by atoms with Gasteiger partial charge in [0.1, 0.15) is 17.5 Å². The molecule has 118 valence electrons. The number of aromatic nitrogens is 2. The minimum absolute atomic E-state index is 0.0394. The number of nitrogens with zero attached hydrogens (tertiary/aromatic N) is 3. The van der Waals surface area contributed by atoms with E-state index in [9.17, 15) is 0 Å². The van der Waals surface area contributed by atoms with Crippen molar-refractivity contribution in [3.8, 4) is 0 Å². The number of rotatable bonds is 4. The molecule has 1 aliphatic carbocycles. The predicted molar refractivity (Wildman–Crippen MR) is 90.2 cm³/mol. The van der Waals surface area contributed by atoms with Crippen molar-refractivity contribution in [1.29, 1.82) is 0 Å². The van der Waals surface area contributed by atoms with Crippen molar-refractivity contribution in [2.45, 2.75) is 58.8 Å². The van der Waals surface area contributed by atoms with E-state index in [1.54, 1.807) is 0 Å². The highest BCUT2D eigenvalue weighted by Gasteiger charge is 2.24. The van der Waals surface area contributed by atoms with Gasteiger partial charge >= 0.3 is 0 Å². The highest BCUT2D eigenvalue weighted by atomic mass is 15.2. The van der Waals surface area contributed by atoms with Gasteiger partial charge in [0.15, 0.2) is 0 Å². The van der Waals surface area contributed by atoms with Gasteiger partial charge in [-0.25, -0.2) is 9.97 Å². The van der Waals surface area contributed by atoms with Crippen LogP contribution >= 0.6 is 0 Å². The third kappa shape index (κ3) is 3.66. The first-order valence-electron chi connectivity index (χ1n) is 8.11. The molecule has 0 amide bonds. The molecule has 0 radical (unpaired) electrons. The van der Waals surface area contributed by atoms with E-state index < -0.39 is 0 Å². The Bertz CT molecular complexity index is 484. The fraction of sp³-hybridized carbons (Fsp3) is 0.765. The summed E-state index contributed by atoms with van der Waals surface area (Å²) in [5.74, 6) is 3.75. The molecule has 1 aliphatic rings. The molecule has 0 unspecified atom stereocenters. The van der Waals surface area contributed by atoms with Crippen LogP contribution in [0.2, 0.25) is 0 Å². The summed E-state index contributed by atoms with van der Waals surface area (Å²) in [5.41, 5.74) is 1.11. The second-order valence-corrected chi connectivity index (χ2v) is 7.38. The molecule has 4 heteroatoms. The molecule has 0 saturated heterocycles. The van der Waals surface area contributed by atoms with Crippen LogP contribution in [0.3, 0.4) is 0 Å². The lowest BCUT2D eigenvalue weighted by Crippen LogP contribution is -2.28. The van der Waals surface area contributed by atoms with Crippen molar-refractivity contribution in [1.82, 2.24) is 9.97 Å². The first-order valence-corrected chi connectivity index (χ1v) is 8.11. The molecule has 1 aromatic rings. The molecular formula is C17H30N4. The average Bonchev–Trinajstić information content (AvgIpc) is 2.90. The summed E-state index contributed by atoms with van der Waals surface area (Å²) < 4.78 is 0. The molecule has 4 nitrogen and oxygen atoms in total. The van der Waals surface area contributed by atoms with Gasteiger partial charge < -0.3 is 10.2 Å². The van der Waals surface area contributed by atoms with E-state index in [4.69, 9.17) is 4.98 Å². The number of hydrogen-bond donors (Lipinski definition) is 1. The van der Waals surface area contributed by atoms with Crippen molar-refractivity contribution in [2.75, 3.05) is 30.9 Å². The Balaban J connectivity index is 2.31. The van der Waals surface area contributed by atoms with Crippen LogP contribution in [-0.2, 0) is 5.41 Å². The maximum Gasteiger partial charge on any atom is 0.138 e. The van der Waals surface area contributed by atoms with E-state index in [0.29, 0.717) is 0 Å². The van der Waals surface area contributed by atoms with Crippen LogP contribution in [0.4, 0.5) is 11.6 Å². The van der Waals surface area contributed by atoms with Crippen molar-refractivity contribution in [3.63, 3.8) is 0 Å². The van der Waals surface area contributed by atoms with E-state index in [-0.39, 0.29) is 5.41 Å². The van der Waals surface area contributed by atoms with Gasteiger partial charge in [-0.3, -0.25) is 0 Å². The molecule has 0 atom stereocenters. The molecule has 1 fully saturated rings. The third-order valence-electron chi connectivity index (χ3n) is 4.40. The molecule has 1 aromatic heterocycles. The minimum atomic E-state index is -0.0394. The van der Waals surface area contributed by atoms with E-state index in [2.05, 4.69) is 49.9 Å². The molecular weight excluding hydrogens is 260 g/mol. The molecule has 0 aliphatic heterocycles. The second-order valence-electron chi connectivity index (χ2n) is 7.38. The zero-order valence-electron chi connectivity index (χ0n) is 14.5. The Morgan fingerprint density at radius 1 is 1.19 bits per heavy atom. The fourth-order valence-corrected chi connectivity index (χ4v) is 3.12. The smallest absolute Gasteiger partial charge is 0.138 e. The van der Waals surface area contributed by atoms with Gasteiger partial charge in [-0.1, -0.05) is 33.6 Å². The summed E-state index contributed by atoms with van der Waals surface area (Å²) in [6.45, 7) is 9.71. The molecule has 0 spiro atoms. The van der Waals surface area contributed by atoms with Crippen molar-refractivity contribution >= 4 is 11.6 Å². The highest BCUT2D eigenvalue weighted by molar-refractivity contribution is 5.58. The van der Waals surface area contributed by atoms with Crippen LogP contribution < -0.4 is 10.2 Å². The van der Waals surface area contributed by atoms with Crippen molar-refractivity contribution in [2.24, 2.45) is 5.92 Å². The zero-order chi connectivity index (χ0) is 15.6. The number of anilines is 2. The molecule has 1 N–H and O–H groups in total. The molecule has 1 heterocycles. The summed E-state index contributed by atoms with van der Waals surface area (Å²) in [7, 11) is 4.10. The van der Waals surface area contributed by atoms with Gasteiger partial charge in [0.2, 0.25) is 0 Å². The van der Waals surface area contributed by atoms with Gasteiger partial charge in [0, 0.05) is 31.6 Å². The van der Waals surface area contributed by atoms with Crippen LogP contribution in [0.5, 0.6) is 0 Å². The first-order chi connectivity index (χ1) is 9.82. The summed E-state index contributed by atoms with van der Waals surface area (Å²) >= 11 is 0. The lowest BCUT2D eigenvalue weighted by atomic mass is 9.95. The maximum atomic E-state index is 4.87. The van der Waals surface area contributed by atoms with Crippen molar-refractivity contribution in [3.05, 3.63) is 11.4 Å². The normalized spacial score (nSPS) is 16.3. The Morgan fingerprint density at radius 2 is 1.81 bits per heavy atom. The molecule has 2 rings (SSSR count). The van der Waals surface area contributed by atoms with E-state index >= 15 is 0 Å². The van der Waals surface area contributed by atoms with Crippen LogP contribution in [0, 0.1) is 12.8 Å². The van der Waals surface area contributed by atoms with Crippen LogP contribution in [-0.4, -0.2) is 30.6 Å². The highest BCUT2D eigenvalue weighted by Crippen LogP contribution is 2.30. The fourth-order valence-electron chi connectivity index (χ4n) is 3.12. The second kappa shape index (κ2) is 6.20. The van der Waals surface area contributed by atoms with Gasteiger partial charge in [0.05, 0.1) is 0 Å². The quantitative estimate of drug-likeness (QED) is 0.917. The summed E-state index contributed by atoms with van der Waals surface area (Å²) in [4.78, 5) is 11.9. The van der Waals surface area contributed by atoms with Gasteiger partial charge in [-0.2, -0.15) is 0 Å². The Labute approximate surface area is 129 Å². The van der Waals surface area contributed by atoms with Crippen LogP contribution in [0.1, 0.15) is 57.8 Å². The zero-order valence-corrected chi connectivity index (χ0v) is 14.5. The summed E-state index contributed by atoms with van der Waals surface area (Å²) in [5, 5.41) is 3.22. The van der Waals surface area contributed by atoms with Crippen molar-refractivity contribution < 1.29 is 0 Å². The summed E-state index contributed by atoms with van der Waals surface area (Å²) in [6, 6.07) is 0. The molecule has 0 bridgehead atoms. The third-order valence-corrected chi connectivity index (χ3v) is 4.40. The average molecular weight is 290 g/mol. The largest absolute Gasteiger partial charge is 0.373 e. The maximum absolute atomic E-state index is 4.87. The predicted octanol–water partition coefficient (Wildman–Crippen LogP) is 3.75. The van der Waals surface area contributed by atoms with Gasteiger partial charge in [-0.05, 0) is 25.7 Å². The summed E-state index contributed by atoms with van der Waals surface area (Å²) in [6.07, 6.45) is 5.49. The monoisotopic (exact) mass is 290 g/mol. The van der Waals surface area contributed by atoms with Crippen LogP contribution in [0.25, 0.3) is 0 Å². The Morgan fingerprint density at radius 3 is 2.33 bits per heavy atom. The number of hydrogen-bond acceptors (Lipinski definition) is 4. The van der Waals surface area contributed by atoms with Crippen LogP contribution in [0.15, 0.2) is 0 Å². The standard InChI is InChI=1S/C17H30N4/c1-12-14(18-5)19-16(17(2,3)4)20-15(12)21(6)11-13-9-7-8-10-13/h13H,7-11H2,1-6H3,(H,18,19,20). The van der Waals surface area contributed by atoms with E-state index in [1.165, 1.54) is 25.7 Å². The van der Waals surface area contributed by atoms with E-state index in [1.807, 2.05) is 7.05 Å². The SMILES string of the molecule is CNc1nc(C(C)(C)C)nc(N(C)CC2CCCC2)c1C. The number of nitrogens with one attached hydrogen (secondary N) is 1. The topological polar surface area (TPSA) is 41.1 Å². The first kappa shape index (κ1) is 16.1. The van der Waals surface area contributed by atoms with Gasteiger partial charge in [0.25, 0.3) is 0 Å². The van der Waals surface area contributed by atoms with Gasteiger partial charge in [-0.15, -0.1) is 0 Å².